The summed E-state index contributed by atoms with van der Waals surface area (Å²) in [6.07, 6.45) is 13.0. The smallest absolute Gasteiger partial charge is 0.133 e. The predicted octanol–water partition coefficient (Wildman–Crippen LogP) is 5.99. The first-order chi connectivity index (χ1) is 15.3. The zero-order chi connectivity index (χ0) is 22.3. The Morgan fingerprint density at radius 3 is 2.81 bits per heavy atom. The first-order valence-corrected chi connectivity index (χ1v) is 13.6. The molecule has 1 spiro atoms. The molecular weight excluding hydrogens is 394 g/mol. The fraction of sp³-hybridized carbons (Fsp3) is 0.828. The second-order valence-corrected chi connectivity index (χ2v) is 12.9. The average molecular weight is 438 g/mol. The van der Waals surface area contributed by atoms with Crippen molar-refractivity contribution in [3.8, 4) is 0 Å². The van der Waals surface area contributed by atoms with E-state index in [0.29, 0.717) is 35.2 Å². The quantitative estimate of drug-likeness (QED) is 0.473. The van der Waals surface area contributed by atoms with E-state index in [1.54, 1.807) is 11.1 Å². The molecule has 9 atom stereocenters. The highest BCUT2D eigenvalue weighted by Crippen LogP contribution is 2.62. The number of fused-ring (bicyclic) bond motifs is 6. The van der Waals surface area contributed by atoms with Crippen molar-refractivity contribution >= 4 is 5.78 Å². The number of rotatable bonds is 0. The summed E-state index contributed by atoms with van der Waals surface area (Å²) < 4.78 is 6.95. The molecule has 0 bridgehead atoms. The van der Waals surface area contributed by atoms with Crippen LogP contribution in [-0.2, 0) is 9.53 Å². The van der Waals surface area contributed by atoms with E-state index in [-0.39, 0.29) is 5.60 Å². The maximum Gasteiger partial charge on any atom is 0.133 e. The van der Waals surface area contributed by atoms with E-state index in [2.05, 4.69) is 32.7 Å². The molecule has 4 aliphatic carbocycles. The van der Waals surface area contributed by atoms with Crippen molar-refractivity contribution in [2.45, 2.75) is 109 Å². The van der Waals surface area contributed by atoms with E-state index >= 15 is 0 Å². The maximum absolute atomic E-state index is 12.2. The van der Waals surface area contributed by atoms with E-state index in [0.717, 1.165) is 56.4 Å². The number of nitrogens with one attached hydrogen (secondary N) is 1. The summed E-state index contributed by atoms with van der Waals surface area (Å²) in [6, 6.07) is 0.353. The van der Waals surface area contributed by atoms with Crippen LogP contribution in [0.1, 0.15) is 91.4 Å². The Bertz CT molecular complexity index is 859. The van der Waals surface area contributed by atoms with Crippen LogP contribution < -0.4 is 5.32 Å². The number of allylic oxidation sites excluding steroid dienone is 1. The highest BCUT2D eigenvalue weighted by atomic mass is 16.5. The normalized spacial score (nSPS) is 51.0. The number of ketones is 1. The van der Waals surface area contributed by atoms with Gasteiger partial charge < -0.3 is 10.1 Å². The van der Waals surface area contributed by atoms with Gasteiger partial charge in [-0.25, -0.2) is 0 Å². The van der Waals surface area contributed by atoms with Crippen LogP contribution in [-0.4, -0.2) is 30.1 Å². The number of carbonyl (C=O) groups excluding carboxylic acids is 1. The van der Waals surface area contributed by atoms with Crippen LogP contribution in [0.3, 0.4) is 0 Å². The largest absolute Gasteiger partial charge is 0.365 e. The molecule has 2 aliphatic heterocycles. The first-order valence-electron chi connectivity index (χ1n) is 13.6. The molecule has 5 fully saturated rings. The van der Waals surface area contributed by atoms with Gasteiger partial charge in [0, 0.05) is 19.3 Å². The fourth-order valence-corrected chi connectivity index (χ4v) is 9.51. The molecule has 32 heavy (non-hydrogen) atoms. The van der Waals surface area contributed by atoms with Crippen molar-refractivity contribution < 1.29 is 9.53 Å². The number of ether oxygens (including phenoxy) is 1. The molecule has 3 unspecified atom stereocenters. The zero-order valence-electron chi connectivity index (χ0n) is 20.6. The summed E-state index contributed by atoms with van der Waals surface area (Å²) in [6.45, 7) is 13.0. The van der Waals surface area contributed by atoms with Crippen LogP contribution in [0.25, 0.3) is 0 Å². The minimum atomic E-state index is -0.144. The van der Waals surface area contributed by atoms with Crippen molar-refractivity contribution in [3.63, 3.8) is 0 Å². The Labute approximate surface area is 194 Å². The minimum Gasteiger partial charge on any atom is -0.365 e. The van der Waals surface area contributed by atoms with Crippen molar-refractivity contribution in [1.82, 2.24) is 5.32 Å². The Morgan fingerprint density at radius 2 is 1.97 bits per heavy atom. The van der Waals surface area contributed by atoms with E-state index in [9.17, 15) is 4.79 Å². The summed E-state index contributed by atoms with van der Waals surface area (Å²) in [7, 11) is 0. The monoisotopic (exact) mass is 437 g/mol. The Balaban J connectivity index is 1.27. The van der Waals surface area contributed by atoms with Crippen LogP contribution >= 0.6 is 0 Å². The highest BCUT2D eigenvalue weighted by Gasteiger charge is 2.56. The van der Waals surface area contributed by atoms with Gasteiger partial charge in [-0.15, -0.1) is 0 Å². The molecule has 3 nitrogen and oxygen atoms in total. The molecule has 3 heteroatoms. The van der Waals surface area contributed by atoms with E-state index in [1.165, 1.54) is 44.1 Å². The molecule has 0 radical (unpaired) electrons. The average Bonchev–Trinajstić information content (AvgIpc) is 2.92. The number of Topliss-reactive ketones (excluding diaryl/α,β-unsaturated/α-hetero) is 1. The lowest BCUT2D eigenvalue weighted by molar-refractivity contribution is -0.132. The van der Waals surface area contributed by atoms with E-state index in [1.807, 2.05) is 0 Å². The molecule has 176 valence electrons. The lowest BCUT2D eigenvalue weighted by Crippen LogP contribution is -2.50. The fourth-order valence-electron chi connectivity index (χ4n) is 9.51. The molecule has 6 rings (SSSR count). The lowest BCUT2D eigenvalue weighted by Gasteiger charge is -2.57. The van der Waals surface area contributed by atoms with Gasteiger partial charge in [-0.1, -0.05) is 31.6 Å². The van der Waals surface area contributed by atoms with E-state index < -0.39 is 0 Å². The number of hydrogen-bond acceptors (Lipinski definition) is 3. The standard InChI is InChI=1S/C29H43NO2/c1-17-13-26-27(30-16-17)19(3)29(32-26)12-10-23-22(18(2)15-29)7-8-25-24(23)6-5-20-14-21(31)9-11-28(20,25)4/h17,20,23-27,30H,3,5-16H2,1-2,4H3/t17-,20?,23+,24-,25-,26?,27-,28-,29?/m0/s1. The predicted molar refractivity (Wildman–Crippen MR) is 128 cm³/mol. The van der Waals surface area contributed by atoms with Gasteiger partial charge in [0.25, 0.3) is 0 Å². The van der Waals surface area contributed by atoms with Gasteiger partial charge in [0.1, 0.15) is 5.78 Å². The second-order valence-electron chi connectivity index (χ2n) is 12.9. The summed E-state index contributed by atoms with van der Waals surface area (Å²) in [5.41, 5.74) is 4.98. The van der Waals surface area contributed by atoms with Gasteiger partial charge >= 0.3 is 0 Å². The van der Waals surface area contributed by atoms with Crippen molar-refractivity contribution in [3.05, 3.63) is 23.3 Å². The number of carbonyl (C=O) groups is 1. The van der Waals surface area contributed by atoms with Crippen LogP contribution in [0, 0.1) is 35.0 Å². The Morgan fingerprint density at radius 1 is 1.12 bits per heavy atom. The number of piperidine rings is 1. The summed E-state index contributed by atoms with van der Waals surface area (Å²) in [5, 5.41) is 3.77. The van der Waals surface area contributed by atoms with Gasteiger partial charge in [0.05, 0.1) is 17.7 Å². The maximum atomic E-state index is 12.2. The van der Waals surface area contributed by atoms with Crippen molar-refractivity contribution in [2.24, 2.45) is 35.0 Å². The Hall–Kier alpha value is -0.930. The molecule has 3 saturated carbocycles. The van der Waals surface area contributed by atoms with Crippen LogP contribution in [0.5, 0.6) is 0 Å². The van der Waals surface area contributed by atoms with E-state index in [4.69, 9.17) is 4.74 Å². The first kappa shape index (κ1) is 21.6. The molecule has 2 saturated heterocycles. The molecule has 0 aromatic heterocycles. The summed E-state index contributed by atoms with van der Waals surface area (Å²) in [4.78, 5) is 12.2. The third-order valence-corrected chi connectivity index (χ3v) is 11.2. The SMILES string of the molecule is C=C1[C@@H]2NC[C@@H](C)CC2OC12CC[C@@H]1C(=C(C)C2)CC[C@H]2[C@H]1CCC1CC(=O)CC[C@@]12C. The molecule has 0 aromatic carbocycles. The molecule has 0 amide bonds. The van der Waals surface area contributed by atoms with Crippen molar-refractivity contribution in [1.29, 1.82) is 0 Å². The van der Waals surface area contributed by atoms with Gasteiger partial charge in [-0.3, -0.25) is 4.79 Å². The topological polar surface area (TPSA) is 38.3 Å². The van der Waals surface area contributed by atoms with Gasteiger partial charge in [-0.2, -0.15) is 0 Å². The summed E-state index contributed by atoms with van der Waals surface area (Å²) >= 11 is 0. The van der Waals surface area contributed by atoms with Crippen LogP contribution in [0.4, 0.5) is 0 Å². The Kier molecular flexibility index (Phi) is 5.08. The molecule has 0 aromatic rings. The third kappa shape index (κ3) is 3.09. The minimum absolute atomic E-state index is 0.144. The zero-order valence-corrected chi connectivity index (χ0v) is 20.6. The van der Waals surface area contributed by atoms with Gasteiger partial charge in [0.15, 0.2) is 0 Å². The second kappa shape index (κ2) is 7.54. The van der Waals surface area contributed by atoms with Gasteiger partial charge in [0.2, 0.25) is 0 Å². The van der Waals surface area contributed by atoms with Gasteiger partial charge in [-0.05, 0) is 105 Å². The molecule has 2 heterocycles. The van der Waals surface area contributed by atoms with Crippen LogP contribution in [0.15, 0.2) is 23.3 Å². The molecule has 1 N–H and O–H groups in total. The van der Waals surface area contributed by atoms with Crippen molar-refractivity contribution in [2.75, 3.05) is 6.54 Å². The number of hydrogen-bond donors (Lipinski definition) is 1. The highest BCUT2D eigenvalue weighted by molar-refractivity contribution is 5.79. The third-order valence-electron chi connectivity index (χ3n) is 11.2. The van der Waals surface area contributed by atoms with Crippen LogP contribution in [0.2, 0.25) is 0 Å². The molecular formula is C29H43NO2. The summed E-state index contributed by atoms with van der Waals surface area (Å²) in [5.74, 6) is 4.20. The molecule has 6 aliphatic rings. The lowest BCUT2D eigenvalue weighted by atomic mass is 9.47.